The molecular weight excluding hydrogens is 685 g/mol. The van der Waals surface area contributed by atoms with Gasteiger partial charge >= 0.3 is 17.9 Å². The highest BCUT2D eigenvalue weighted by atomic mass is 16.6. The maximum Gasteiger partial charge on any atom is 0.306 e. The molecule has 0 radical (unpaired) electrons. The minimum absolute atomic E-state index is 0.0653. The molecule has 0 saturated carbocycles. The fraction of sp³-hybridized carbons (Fsp3) is 0.939. The van der Waals surface area contributed by atoms with Crippen LogP contribution in [0.5, 0.6) is 0 Å². The van der Waals surface area contributed by atoms with Crippen LogP contribution in [0, 0.1) is 11.8 Å². The summed E-state index contributed by atoms with van der Waals surface area (Å²) in [5, 5.41) is 0. The summed E-state index contributed by atoms with van der Waals surface area (Å²) in [5.74, 6) is 0.766. The monoisotopic (exact) mass is 779 g/mol. The molecule has 0 aromatic rings. The van der Waals surface area contributed by atoms with Crippen molar-refractivity contribution in [2.24, 2.45) is 11.8 Å². The third kappa shape index (κ3) is 41.9. The van der Waals surface area contributed by atoms with Gasteiger partial charge in [0.05, 0.1) is 0 Å². The zero-order valence-corrected chi connectivity index (χ0v) is 37.6. The molecule has 0 fully saturated rings. The van der Waals surface area contributed by atoms with Crippen molar-refractivity contribution in [2.45, 2.75) is 272 Å². The van der Waals surface area contributed by atoms with Crippen LogP contribution in [-0.4, -0.2) is 37.2 Å². The van der Waals surface area contributed by atoms with Crippen LogP contribution in [0.2, 0.25) is 0 Å². The number of esters is 3. The second-order valence-corrected chi connectivity index (χ2v) is 17.5. The molecule has 6 heteroatoms. The van der Waals surface area contributed by atoms with E-state index in [2.05, 4.69) is 34.6 Å². The Morgan fingerprint density at radius 1 is 0.382 bits per heavy atom. The van der Waals surface area contributed by atoms with Crippen LogP contribution in [0.3, 0.4) is 0 Å². The molecule has 1 unspecified atom stereocenters. The van der Waals surface area contributed by atoms with Crippen LogP contribution in [-0.2, 0) is 28.6 Å². The van der Waals surface area contributed by atoms with Crippen LogP contribution in [0.1, 0.15) is 266 Å². The largest absolute Gasteiger partial charge is 0.462 e. The second kappa shape index (κ2) is 42.0. The highest BCUT2D eigenvalue weighted by molar-refractivity contribution is 5.71. The topological polar surface area (TPSA) is 78.9 Å². The molecule has 0 saturated heterocycles. The lowest BCUT2D eigenvalue weighted by Gasteiger charge is -2.18. The fourth-order valence-corrected chi connectivity index (χ4v) is 7.25. The number of unbranched alkanes of at least 4 members (excludes halogenated alkanes) is 27. The SMILES string of the molecule is CCCCCCCCCCCCCCCCCC(=O)O[C@@H](COC(=O)CCCCCCCCCCCC(C)C)COC(=O)CCCCCCCCC(C)CC. The lowest BCUT2D eigenvalue weighted by molar-refractivity contribution is -0.167. The van der Waals surface area contributed by atoms with Crippen molar-refractivity contribution in [3.63, 3.8) is 0 Å². The molecule has 0 amide bonds. The number of carbonyl (C=O) groups excluding carboxylic acids is 3. The molecule has 0 bridgehead atoms. The Kier molecular flexibility index (Phi) is 40.8. The summed E-state index contributed by atoms with van der Waals surface area (Å²) in [4.78, 5) is 37.8. The molecule has 0 heterocycles. The Hall–Kier alpha value is -1.59. The maximum absolute atomic E-state index is 12.7. The smallest absolute Gasteiger partial charge is 0.306 e. The van der Waals surface area contributed by atoms with Crippen molar-refractivity contribution in [2.75, 3.05) is 13.2 Å². The van der Waals surface area contributed by atoms with Crippen molar-refractivity contribution in [1.29, 1.82) is 0 Å². The molecule has 0 aromatic heterocycles. The van der Waals surface area contributed by atoms with Gasteiger partial charge in [0.25, 0.3) is 0 Å². The molecule has 0 aliphatic rings. The zero-order valence-electron chi connectivity index (χ0n) is 37.6. The van der Waals surface area contributed by atoms with Gasteiger partial charge in [-0.05, 0) is 31.1 Å². The first-order chi connectivity index (χ1) is 26.8. The van der Waals surface area contributed by atoms with Crippen LogP contribution >= 0.6 is 0 Å². The summed E-state index contributed by atoms with van der Waals surface area (Å²) in [7, 11) is 0. The molecule has 2 atom stereocenters. The third-order valence-corrected chi connectivity index (χ3v) is 11.3. The van der Waals surface area contributed by atoms with Crippen molar-refractivity contribution in [1.82, 2.24) is 0 Å². The van der Waals surface area contributed by atoms with Gasteiger partial charge in [0, 0.05) is 19.3 Å². The predicted molar refractivity (Wildman–Crippen MR) is 233 cm³/mol. The van der Waals surface area contributed by atoms with Crippen LogP contribution in [0.4, 0.5) is 0 Å². The Morgan fingerprint density at radius 3 is 1.04 bits per heavy atom. The second-order valence-electron chi connectivity index (χ2n) is 17.5. The third-order valence-electron chi connectivity index (χ3n) is 11.3. The summed E-state index contributed by atoms with van der Waals surface area (Å²) in [6.07, 6.45) is 40.9. The van der Waals surface area contributed by atoms with Crippen molar-refractivity contribution in [3.05, 3.63) is 0 Å². The Bertz CT molecular complexity index is 841. The molecule has 0 aliphatic heterocycles. The van der Waals surface area contributed by atoms with Crippen molar-refractivity contribution < 1.29 is 28.6 Å². The molecular formula is C49H94O6. The van der Waals surface area contributed by atoms with Gasteiger partial charge in [-0.15, -0.1) is 0 Å². The van der Waals surface area contributed by atoms with E-state index in [1.807, 2.05) is 0 Å². The number of hydrogen-bond donors (Lipinski definition) is 0. The maximum atomic E-state index is 12.7. The average Bonchev–Trinajstić information content (AvgIpc) is 3.17. The summed E-state index contributed by atoms with van der Waals surface area (Å²) in [6.45, 7) is 11.3. The number of carbonyl (C=O) groups is 3. The van der Waals surface area contributed by atoms with E-state index in [4.69, 9.17) is 14.2 Å². The minimum atomic E-state index is -0.761. The van der Waals surface area contributed by atoms with E-state index in [0.717, 1.165) is 69.6 Å². The molecule has 0 spiro atoms. The van der Waals surface area contributed by atoms with Gasteiger partial charge < -0.3 is 14.2 Å². The standard InChI is InChI=1S/C49H94O6/c1-6-8-9-10-11-12-13-14-15-16-17-20-24-31-36-41-49(52)55-46(43-54-48(51)40-35-30-26-25-28-33-38-45(5)7-2)42-53-47(50)39-34-29-23-21-18-19-22-27-32-37-44(3)4/h44-46H,6-43H2,1-5H3/t45?,46-/m0/s1. The summed E-state index contributed by atoms with van der Waals surface area (Å²) < 4.78 is 16.7. The zero-order chi connectivity index (χ0) is 40.5. The van der Waals surface area contributed by atoms with Gasteiger partial charge in [-0.3, -0.25) is 14.4 Å². The van der Waals surface area contributed by atoms with Gasteiger partial charge in [0.2, 0.25) is 0 Å². The summed E-state index contributed by atoms with van der Waals surface area (Å²) in [5.41, 5.74) is 0. The molecule has 0 N–H and O–H groups in total. The van der Waals surface area contributed by atoms with E-state index in [1.54, 1.807) is 0 Å². The first-order valence-corrected chi connectivity index (χ1v) is 24.3. The van der Waals surface area contributed by atoms with Crippen LogP contribution < -0.4 is 0 Å². The number of ether oxygens (including phenoxy) is 3. The quantitative estimate of drug-likeness (QED) is 0.0348. The first kappa shape index (κ1) is 53.4. The lowest BCUT2D eigenvalue weighted by atomic mass is 10.00. The van der Waals surface area contributed by atoms with Gasteiger partial charge in [0.15, 0.2) is 6.10 Å². The van der Waals surface area contributed by atoms with E-state index in [0.29, 0.717) is 19.3 Å². The molecule has 55 heavy (non-hydrogen) atoms. The molecule has 326 valence electrons. The first-order valence-electron chi connectivity index (χ1n) is 24.3. The van der Waals surface area contributed by atoms with Gasteiger partial charge in [-0.25, -0.2) is 0 Å². The summed E-state index contributed by atoms with van der Waals surface area (Å²) in [6, 6.07) is 0. The van der Waals surface area contributed by atoms with E-state index in [-0.39, 0.29) is 31.1 Å². The highest BCUT2D eigenvalue weighted by Gasteiger charge is 2.19. The average molecular weight is 779 g/mol. The van der Waals surface area contributed by atoms with Crippen molar-refractivity contribution in [3.8, 4) is 0 Å². The lowest BCUT2D eigenvalue weighted by Crippen LogP contribution is -2.30. The summed E-state index contributed by atoms with van der Waals surface area (Å²) >= 11 is 0. The highest BCUT2D eigenvalue weighted by Crippen LogP contribution is 2.17. The van der Waals surface area contributed by atoms with E-state index in [1.165, 1.54) is 154 Å². The molecule has 6 nitrogen and oxygen atoms in total. The van der Waals surface area contributed by atoms with E-state index >= 15 is 0 Å². The predicted octanol–water partition coefficient (Wildman–Crippen LogP) is 15.4. The Morgan fingerprint density at radius 2 is 0.691 bits per heavy atom. The van der Waals surface area contributed by atoms with Gasteiger partial charge in [-0.1, -0.05) is 227 Å². The Balaban J connectivity index is 4.32. The minimum Gasteiger partial charge on any atom is -0.462 e. The normalized spacial score (nSPS) is 12.5. The van der Waals surface area contributed by atoms with Crippen molar-refractivity contribution >= 4 is 17.9 Å². The fourth-order valence-electron chi connectivity index (χ4n) is 7.25. The Labute approximate surface area is 342 Å². The number of rotatable bonds is 43. The molecule has 0 aliphatic carbocycles. The molecule has 0 rings (SSSR count). The molecule has 0 aromatic carbocycles. The van der Waals surface area contributed by atoms with E-state index in [9.17, 15) is 14.4 Å². The van der Waals surface area contributed by atoms with Gasteiger partial charge in [0.1, 0.15) is 13.2 Å². The van der Waals surface area contributed by atoms with Gasteiger partial charge in [-0.2, -0.15) is 0 Å². The van der Waals surface area contributed by atoms with E-state index < -0.39 is 6.10 Å². The van der Waals surface area contributed by atoms with Crippen LogP contribution in [0.25, 0.3) is 0 Å². The van der Waals surface area contributed by atoms with Crippen LogP contribution in [0.15, 0.2) is 0 Å². The number of hydrogen-bond acceptors (Lipinski definition) is 6.